The molecule has 0 unspecified atom stereocenters. The van der Waals surface area contributed by atoms with Crippen molar-refractivity contribution < 1.29 is 41.3 Å². The van der Waals surface area contributed by atoms with Crippen molar-refractivity contribution in [3.63, 3.8) is 0 Å². The van der Waals surface area contributed by atoms with E-state index < -0.39 is 40.2 Å². The van der Waals surface area contributed by atoms with E-state index in [9.17, 15) is 22.4 Å². The van der Waals surface area contributed by atoms with Crippen LogP contribution >= 0.6 is 0 Å². The minimum Gasteiger partial charge on any atom is -0.497 e. The Morgan fingerprint density at radius 3 is 2.04 bits per heavy atom. The van der Waals surface area contributed by atoms with Gasteiger partial charge >= 0.3 is 0 Å². The summed E-state index contributed by atoms with van der Waals surface area (Å²) in [7, 11) is 1.08. The van der Waals surface area contributed by atoms with Crippen LogP contribution in [0.4, 0.5) is 10.1 Å². The predicted molar refractivity (Wildman–Crippen MR) is 192 cm³/mol. The van der Waals surface area contributed by atoms with E-state index in [4.69, 9.17) is 18.9 Å². The Labute approximate surface area is 298 Å². The average Bonchev–Trinajstić information content (AvgIpc) is 3.15. The van der Waals surface area contributed by atoms with Gasteiger partial charge in [0.05, 0.1) is 39.0 Å². The summed E-state index contributed by atoms with van der Waals surface area (Å²) >= 11 is 0. The Hall–Kier alpha value is -5.30. The van der Waals surface area contributed by atoms with Gasteiger partial charge in [0.15, 0.2) is 11.5 Å². The number of rotatable bonds is 17. The molecule has 4 aromatic carbocycles. The summed E-state index contributed by atoms with van der Waals surface area (Å²) in [5, 5.41) is 2.99. The van der Waals surface area contributed by atoms with Crippen LogP contribution in [0.2, 0.25) is 0 Å². The number of amides is 2. The molecule has 0 fully saturated rings. The van der Waals surface area contributed by atoms with Crippen LogP contribution in [0.3, 0.4) is 0 Å². The highest BCUT2D eigenvalue weighted by atomic mass is 32.2. The molecule has 0 saturated carbocycles. The molecular weight excluding hydrogens is 677 g/mol. The number of hydrogen-bond acceptors (Lipinski definition) is 8. The van der Waals surface area contributed by atoms with Crippen LogP contribution in [0.5, 0.6) is 23.0 Å². The number of sulfonamides is 1. The van der Waals surface area contributed by atoms with Crippen molar-refractivity contribution in [3.8, 4) is 23.0 Å². The fourth-order valence-corrected chi connectivity index (χ4v) is 6.82. The van der Waals surface area contributed by atoms with Gasteiger partial charge in [0.2, 0.25) is 11.8 Å². The lowest BCUT2D eigenvalue weighted by Gasteiger charge is -2.34. The minimum atomic E-state index is -4.54. The number of carbonyl (C=O) groups excluding carboxylic acids is 2. The lowest BCUT2D eigenvalue weighted by atomic mass is 10.0. The Morgan fingerprint density at radius 1 is 0.784 bits per heavy atom. The van der Waals surface area contributed by atoms with Crippen molar-refractivity contribution in [2.24, 2.45) is 0 Å². The molecule has 11 nitrogen and oxygen atoms in total. The quantitative estimate of drug-likeness (QED) is 0.149. The maximum absolute atomic E-state index is 14.8. The summed E-state index contributed by atoms with van der Waals surface area (Å²) in [6, 6.07) is 22.2. The van der Waals surface area contributed by atoms with Crippen molar-refractivity contribution >= 4 is 27.5 Å². The maximum atomic E-state index is 14.8. The summed E-state index contributed by atoms with van der Waals surface area (Å²) < 4.78 is 65.9. The number of ether oxygens (including phenoxy) is 4. The van der Waals surface area contributed by atoms with Crippen LogP contribution < -0.4 is 28.6 Å². The van der Waals surface area contributed by atoms with Crippen molar-refractivity contribution in [1.82, 2.24) is 10.2 Å². The number of carbonyl (C=O) groups is 2. The largest absolute Gasteiger partial charge is 0.497 e. The Bertz CT molecular complexity index is 1890. The molecule has 0 aliphatic heterocycles. The Kier molecular flexibility index (Phi) is 13.3. The molecule has 0 bridgehead atoms. The fraction of sp³-hybridized carbons (Fsp3) is 0.316. The third kappa shape index (κ3) is 9.48. The molecule has 1 N–H and O–H groups in total. The van der Waals surface area contributed by atoms with Crippen LogP contribution in [0.15, 0.2) is 95.9 Å². The van der Waals surface area contributed by atoms with Crippen LogP contribution in [0.1, 0.15) is 31.4 Å². The molecule has 0 heterocycles. The number of methoxy groups -OCH3 is 4. The average molecular weight is 722 g/mol. The van der Waals surface area contributed by atoms with Crippen molar-refractivity contribution in [2.75, 3.05) is 39.3 Å². The van der Waals surface area contributed by atoms with E-state index in [1.807, 2.05) is 44.2 Å². The van der Waals surface area contributed by atoms with Gasteiger partial charge < -0.3 is 29.2 Å². The number of halogens is 1. The molecule has 272 valence electrons. The zero-order valence-electron chi connectivity index (χ0n) is 29.6. The van der Waals surface area contributed by atoms with Gasteiger partial charge in [0.25, 0.3) is 10.0 Å². The summed E-state index contributed by atoms with van der Waals surface area (Å²) in [5.41, 5.74) is 1.33. The van der Waals surface area contributed by atoms with Gasteiger partial charge in [-0.2, -0.15) is 0 Å². The summed E-state index contributed by atoms with van der Waals surface area (Å²) in [5.74, 6) is -0.670. The molecule has 0 spiro atoms. The van der Waals surface area contributed by atoms with E-state index in [1.54, 1.807) is 6.07 Å². The van der Waals surface area contributed by atoms with Gasteiger partial charge in [0, 0.05) is 31.1 Å². The second kappa shape index (κ2) is 17.6. The topological polar surface area (TPSA) is 124 Å². The Balaban J connectivity index is 1.90. The van der Waals surface area contributed by atoms with Crippen LogP contribution in [-0.2, 0) is 32.6 Å². The second-order valence-corrected chi connectivity index (χ2v) is 13.6. The van der Waals surface area contributed by atoms with Gasteiger partial charge in [-0.25, -0.2) is 12.8 Å². The lowest BCUT2D eigenvalue weighted by Crippen LogP contribution is -2.54. The zero-order valence-corrected chi connectivity index (χ0v) is 30.4. The molecule has 0 aromatic heterocycles. The summed E-state index contributed by atoms with van der Waals surface area (Å²) in [6.07, 6.45) is 0.767. The maximum Gasteiger partial charge on any atom is 0.265 e. The molecule has 13 heteroatoms. The first-order chi connectivity index (χ1) is 24.4. The summed E-state index contributed by atoms with van der Waals surface area (Å²) in [6.45, 7) is 2.92. The fourth-order valence-electron chi connectivity index (χ4n) is 5.39. The zero-order chi connectivity index (χ0) is 37.1. The second-order valence-electron chi connectivity index (χ2n) is 11.7. The highest BCUT2D eigenvalue weighted by Crippen LogP contribution is 2.38. The number of nitrogens with one attached hydrogen (secondary N) is 1. The highest BCUT2D eigenvalue weighted by Gasteiger charge is 2.36. The van der Waals surface area contributed by atoms with Crippen LogP contribution in [0, 0.1) is 5.82 Å². The molecule has 0 saturated heterocycles. The first kappa shape index (κ1) is 38.5. The molecule has 4 rings (SSSR count). The van der Waals surface area contributed by atoms with E-state index in [-0.39, 0.29) is 41.1 Å². The van der Waals surface area contributed by atoms with Gasteiger partial charge in [-0.15, -0.1) is 0 Å². The predicted octanol–water partition coefficient (Wildman–Crippen LogP) is 5.61. The van der Waals surface area contributed by atoms with Gasteiger partial charge in [-0.1, -0.05) is 49.4 Å². The number of nitrogens with zero attached hydrogens (tertiary/aromatic N) is 2. The third-order valence-electron chi connectivity index (χ3n) is 8.41. The number of benzene rings is 4. The SMILES string of the molecule is CC[C@@H](C)NC(=O)[C@@H](Cc1ccccc1)N(Cc1ccc(F)cc1)C(=O)CN(c1cc(OC)ccc1OC)S(=O)(=O)c1ccc(OC)c(OC)c1. The van der Waals surface area contributed by atoms with E-state index in [2.05, 4.69) is 5.32 Å². The van der Waals surface area contributed by atoms with Gasteiger partial charge in [0.1, 0.15) is 29.9 Å². The molecule has 4 aromatic rings. The van der Waals surface area contributed by atoms with E-state index >= 15 is 0 Å². The lowest BCUT2D eigenvalue weighted by molar-refractivity contribution is -0.140. The number of hydrogen-bond donors (Lipinski definition) is 1. The third-order valence-corrected chi connectivity index (χ3v) is 10.2. The van der Waals surface area contributed by atoms with Crippen LogP contribution in [-0.4, -0.2) is 72.2 Å². The Morgan fingerprint density at radius 2 is 1.43 bits per heavy atom. The molecule has 0 aliphatic rings. The standard InChI is InChI=1S/C38H44FN3O8S/c1-7-26(2)40-38(44)33(21-27-11-9-8-10-12-27)41(24-28-13-15-29(39)16-14-28)37(43)25-42(32-22-30(47-3)17-19-34(32)48-4)51(45,46)31-18-20-35(49-5)36(23-31)50-6/h8-20,22-23,26,33H,7,21,24-25H2,1-6H3,(H,40,44)/t26-,33-/m1/s1. The van der Waals surface area contributed by atoms with Crippen molar-refractivity contribution in [3.05, 3.63) is 108 Å². The molecular formula is C38H44FN3O8S. The first-order valence-electron chi connectivity index (χ1n) is 16.3. The normalized spacial score (nSPS) is 12.3. The van der Waals surface area contributed by atoms with Crippen molar-refractivity contribution in [1.29, 1.82) is 0 Å². The smallest absolute Gasteiger partial charge is 0.265 e. The minimum absolute atomic E-state index is 0.0189. The van der Waals surface area contributed by atoms with E-state index in [0.29, 0.717) is 23.5 Å². The van der Waals surface area contributed by atoms with Gasteiger partial charge in [-0.3, -0.25) is 13.9 Å². The first-order valence-corrected chi connectivity index (χ1v) is 17.7. The number of anilines is 1. The highest BCUT2D eigenvalue weighted by molar-refractivity contribution is 7.92. The monoisotopic (exact) mass is 721 g/mol. The molecule has 2 atom stereocenters. The van der Waals surface area contributed by atoms with Crippen molar-refractivity contribution in [2.45, 2.75) is 50.2 Å². The van der Waals surface area contributed by atoms with Gasteiger partial charge in [-0.05, 0) is 60.9 Å². The molecule has 2 amide bonds. The van der Waals surface area contributed by atoms with E-state index in [1.165, 1.54) is 87.9 Å². The molecule has 51 heavy (non-hydrogen) atoms. The molecule has 0 radical (unpaired) electrons. The molecule has 0 aliphatic carbocycles. The van der Waals surface area contributed by atoms with E-state index in [0.717, 1.165) is 9.87 Å². The van der Waals surface area contributed by atoms with Crippen LogP contribution in [0.25, 0.3) is 0 Å². The summed E-state index contributed by atoms with van der Waals surface area (Å²) in [4.78, 5) is 30.0.